The zero-order valence-corrected chi connectivity index (χ0v) is 10.4. The number of nitrogen functional groups attached to an aromatic ring is 1. The van der Waals surface area contributed by atoms with Gasteiger partial charge in [0.2, 0.25) is 5.95 Å². The molecule has 0 amide bonds. The maximum Gasteiger partial charge on any atom is 0.220 e. The van der Waals surface area contributed by atoms with E-state index in [2.05, 4.69) is 26.0 Å². The van der Waals surface area contributed by atoms with E-state index >= 15 is 0 Å². The molecule has 0 fully saturated rings. The highest BCUT2D eigenvalue weighted by Crippen LogP contribution is 2.18. The number of nitrogens with zero attached hydrogens (tertiary/aromatic N) is 5. The SMILES string of the molecule is Cn1cnc(CN2CCc3nc(N)ncc3C2)c1. The summed E-state index contributed by atoms with van der Waals surface area (Å²) in [6, 6.07) is 0. The fourth-order valence-electron chi connectivity index (χ4n) is 2.30. The summed E-state index contributed by atoms with van der Waals surface area (Å²) in [6.45, 7) is 2.72. The molecule has 0 atom stereocenters. The Balaban J connectivity index is 1.73. The van der Waals surface area contributed by atoms with Gasteiger partial charge in [0.15, 0.2) is 0 Å². The molecular formula is C12H16N6. The van der Waals surface area contributed by atoms with E-state index in [4.69, 9.17) is 5.73 Å². The molecule has 0 aromatic carbocycles. The van der Waals surface area contributed by atoms with E-state index in [0.717, 1.165) is 37.4 Å². The Bertz CT molecular complexity index is 561. The zero-order chi connectivity index (χ0) is 12.5. The van der Waals surface area contributed by atoms with Crippen LogP contribution in [0.5, 0.6) is 0 Å². The van der Waals surface area contributed by atoms with Crippen LogP contribution in [0, 0.1) is 0 Å². The summed E-state index contributed by atoms with van der Waals surface area (Å²) >= 11 is 0. The van der Waals surface area contributed by atoms with Gasteiger partial charge in [-0.05, 0) is 0 Å². The van der Waals surface area contributed by atoms with Gasteiger partial charge in [-0.25, -0.2) is 15.0 Å². The number of aryl methyl sites for hydroxylation is 1. The van der Waals surface area contributed by atoms with Crippen molar-refractivity contribution in [3.8, 4) is 0 Å². The minimum absolute atomic E-state index is 0.368. The average Bonchev–Trinajstić information content (AvgIpc) is 2.75. The van der Waals surface area contributed by atoms with Gasteiger partial charge in [0.1, 0.15) is 0 Å². The van der Waals surface area contributed by atoms with E-state index in [0.29, 0.717) is 5.95 Å². The number of anilines is 1. The van der Waals surface area contributed by atoms with Crippen molar-refractivity contribution in [3.05, 3.63) is 35.7 Å². The predicted octanol–water partition coefficient (Wildman–Crippen LogP) is 0.351. The quantitative estimate of drug-likeness (QED) is 0.825. The topological polar surface area (TPSA) is 72.9 Å². The van der Waals surface area contributed by atoms with Crippen LogP contribution in [-0.2, 0) is 26.6 Å². The highest BCUT2D eigenvalue weighted by molar-refractivity contribution is 5.27. The Labute approximate surface area is 105 Å². The van der Waals surface area contributed by atoms with Gasteiger partial charge in [-0.1, -0.05) is 0 Å². The second-order valence-electron chi connectivity index (χ2n) is 4.69. The lowest BCUT2D eigenvalue weighted by Gasteiger charge is -2.27. The maximum absolute atomic E-state index is 5.59. The highest BCUT2D eigenvalue weighted by atomic mass is 15.2. The Morgan fingerprint density at radius 2 is 2.28 bits per heavy atom. The molecule has 6 nitrogen and oxygen atoms in total. The molecule has 0 saturated heterocycles. The second-order valence-corrected chi connectivity index (χ2v) is 4.69. The van der Waals surface area contributed by atoms with Crippen LogP contribution in [0.15, 0.2) is 18.7 Å². The van der Waals surface area contributed by atoms with Gasteiger partial charge in [0.25, 0.3) is 0 Å². The normalized spacial score (nSPS) is 15.6. The number of imidazole rings is 1. The maximum atomic E-state index is 5.59. The zero-order valence-electron chi connectivity index (χ0n) is 10.4. The average molecular weight is 244 g/mol. The van der Waals surface area contributed by atoms with E-state index in [-0.39, 0.29) is 0 Å². The Kier molecular flexibility index (Phi) is 2.71. The summed E-state index contributed by atoms with van der Waals surface area (Å²) in [5.74, 6) is 0.368. The van der Waals surface area contributed by atoms with Crippen molar-refractivity contribution in [2.45, 2.75) is 19.5 Å². The van der Waals surface area contributed by atoms with Crippen molar-refractivity contribution >= 4 is 5.95 Å². The summed E-state index contributed by atoms with van der Waals surface area (Å²) in [5.41, 5.74) is 8.94. The van der Waals surface area contributed by atoms with Crippen molar-refractivity contribution in [2.75, 3.05) is 12.3 Å². The molecule has 94 valence electrons. The van der Waals surface area contributed by atoms with Gasteiger partial charge in [0.05, 0.1) is 17.7 Å². The lowest BCUT2D eigenvalue weighted by Crippen LogP contribution is -2.31. The summed E-state index contributed by atoms with van der Waals surface area (Å²) < 4.78 is 1.97. The van der Waals surface area contributed by atoms with E-state index < -0.39 is 0 Å². The predicted molar refractivity (Wildman–Crippen MR) is 67.5 cm³/mol. The largest absolute Gasteiger partial charge is 0.368 e. The molecule has 0 spiro atoms. The summed E-state index contributed by atoms with van der Waals surface area (Å²) in [4.78, 5) is 15.0. The van der Waals surface area contributed by atoms with Crippen molar-refractivity contribution in [1.82, 2.24) is 24.4 Å². The lowest BCUT2D eigenvalue weighted by molar-refractivity contribution is 0.240. The van der Waals surface area contributed by atoms with Gasteiger partial charge < -0.3 is 10.3 Å². The smallest absolute Gasteiger partial charge is 0.220 e. The first-order chi connectivity index (χ1) is 8.70. The van der Waals surface area contributed by atoms with Crippen LogP contribution in [0.1, 0.15) is 17.0 Å². The van der Waals surface area contributed by atoms with Crippen molar-refractivity contribution in [3.63, 3.8) is 0 Å². The minimum atomic E-state index is 0.368. The van der Waals surface area contributed by atoms with Crippen LogP contribution in [0.2, 0.25) is 0 Å². The third-order valence-corrected chi connectivity index (χ3v) is 3.18. The van der Waals surface area contributed by atoms with E-state index in [9.17, 15) is 0 Å². The molecule has 1 aliphatic rings. The second kappa shape index (κ2) is 4.38. The number of rotatable bonds is 2. The third-order valence-electron chi connectivity index (χ3n) is 3.18. The van der Waals surface area contributed by atoms with Crippen LogP contribution < -0.4 is 5.73 Å². The summed E-state index contributed by atoms with van der Waals surface area (Å²) in [5, 5.41) is 0. The van der Waals surface area contributed by atoms with Crippen LogP contribution in [-0.4, -0.2) is 31.0 Å². The van der Waals surface area contributed by atoms with E-state index in [1.165, 1.54) is 5.56 Å². The highest BCUT2D eigenvalue weighted by Gasteiger charge is 2.18. The molecule has 18 heavy (non-hydrogen) atoms. The fraction of sp³-hybridized carbons (Fsp3) is 0.417. The first kappa shape index (κ1) is 11.2. The van der Waals surface area contributed by atoms with E-state index in [1.54, 1.807) is 0 Å². The molecular weight excluding hydrogens is 228 g/mol. The molecule has 0 unspecified atom stereocenters. The first-order valence-corrected chi connectivity index (χ1v) is 6.00. The molecule has 3 rings (SSSR count). The molecule has 3 heterocycles. The van der Waals surface area contributed by atoms with Gasteiger partial charge in [0, 0.05) is 51.1 Å². The van der Waals surface area contributed by atoms with Crippen molar-refractivity contribution in [1.29, 1.82) is 0 Å². The van der Waals surface area contributed by atoms with Crippen molar-refractivity contribution in [2.24, 2.45) is 7.05 Å². The number of aromatic nitrogens is 4. The lowest BCUT2D eigenvalue weighted by atomic mass is 10.1. The third kappa shape index (κ3) is 2.19. The minimum Gasteiger partial charge on any atom is -0.368 e. The molecule has 2 N–H and O–H groups in total. The molecule has 0 radical (unpaired) electrons. The number of fused-ring (bicyclic) bond motifs is 1. The summed E-state index contributed by atoms with van der Waals surface area (Å²) in [7, 11) is 1.98. The van der Waals surface area contributed by atoms with Gasteiger partial charge in [-0.3, -0.25) is 4.90 Å². The fourth-order valence-corrected chi connectivity index (χ4v) is 2.30. The Morgan fingerprint density at radius 1 is 1.39 bits per heavy atom. The monoisotopic (exact) mass is 244 g/mol. The Hall–Kier alpha value is -1.95. The van der Waals surface area contributed by atoms with Crippen LogP contribution >= 0.6 is 0 Å². The van der Waals surface area contributed by atoms with Crippen molar-refractivity contribution < 1.29 is 0 Å². The van der Waals surface area contributed by atoms with Crippen LogP contribution in [0.4, 0.5) is 5.95 Å². The number of hydrogen-bond donors (Lipinski definition) is 1. The van der Waals surface area contributed by atoms with Gasteiger partial charge in [-0.2, -0.15) is 0 Å². The molecule has 1 aliphatic heterocycles. The molecule has 0 bridgehead atoms. The Morgan fingerprint density at radius 3 is 3.06 bits per heavy atom. The standard InChI is InChI=1S/C12H16N6/c1-17-6-10(15-8-17)7-18-3-2-11-9(5-18)4-14-12(13)16-11/h4,6,8H,2-3,5,7H2,1H3,(H2,13,14,16). The number of nitrogens with two attached hydrogens (primary N) is 1. The van der Waals surface area contributed by atoms with Crippen LogP contribution in [0.3, 0.4) is 0 Å². The molecule has 0 saturated carbocycles. The van der Waals surface area contributed by atoms with Gasteiger partial charge >= 0.3 is 0 Å². The molecule has 2 aromatic heterocycles. The molecule has 2 aromatic rings. The van der Waals surface area contributed by atoms with Gasteiger partial charge in [-0.15, -0.1) is 0 Å². The van der Waals surface area contributed by atoms with E-state index in [1.807, 2.05) is 24.1 Å². The summed E-state index contributed by atoms with van der Waals surface area (Å²) in [6.07, 6.45) is 6.64. The molecule has 0 aliphatic carbocycles. The van der Waals surface area contributed by atoms with Crippen LogP contribution in [0.25, 0.3) is 0 Å². The first-order valence-electron chi connectivity index (χ1n) is 6.00. The number of hydrogen-bond acceptors (Lipinski definition) is 5. The molecule has 6 heteroatoms.